The van der Waals surface area contributed by atoms with Crippen LogP contribution in [0.25, 0.3) is 0 Å². The number of carbonyl (C=O) groups is 1. The summed E-state index contributed by atoms with van der Waals surface area (Å²) in [4.78, 5) is 11.9. The molecule has 1 N–H and O–H groups in total. The lowest BCUT2D eigenvalue weighted by Gasteiger charge is -2.24. The van der Waals surface area contributed by atoms with Crippen LogP contribution in [0.1, 0.15) is 38.8 Å². The molecule has 1 aliphatic heterocycles. The zero-order valence-electron chi connectivity index (χ0n) is 11.3. The van der Waals surface area contributed by atoms with Crippen LogP contribution >= 0.6 is 0 Å². The molecule has 2 atom stereocenters. The van der Waals surface area contributed by atoms with Gasteiger partial charge in [-0.25, -0.2) is 0 Å². The molecule has 1 aliphatic rings. The number of nitrogens with one attached hydrogen (secondary N) is 1. The topological polar surface area (TPSA) is 38.3 Å². The highest BCUT2D eigenvalue weighted by atomic mass is 16.5. The summed E-state index contributed by atoms with van der Waals surface area (Å²) in [5.74, 6) is -0.128. The van der Waals surface area contributed by atoms with Crippen molar-refractivity contribution < 1.29 is 9.53 Å². The Morgan fingerprint density at radius 3 is 2.56 bits per heavy atom. The normalized spacial score (nSPS) is 23.9. The molecule has 0 aliphatic carbocycles. The molecule has 2 unspecified atom stereocenters. The molecule has 2 rings (SSSR count). The summed E-state index contributed by atoms with van der Waals surface area (Å²) in [6, 6.07) is 10.3. The van der Waals surface area contributed by atoms with Crippen LogP contribution in [0.3, 0.4) is 0 Å². The number of hydrogen-bond donors (Lipinski definition) is 1. The van der Waals surface area contributed by atoms with Gasteiger partial charge in [0.15, 0.2) is 0 Å². The number of carbonyl (C=O) groups excluding carboxylic acids is 1. The van der Waals surface area contributed by atoms with Gasteiger partial charge < -0.3 is 10.1 Å². The monoisotopic (exact) mass is 247 g/mol. The Hall–Kier alpha value is -1.35. The first kappa shape index (κ1) is 13.1. The lowest BCUT2D eigenvalue weighted by Crippen LogP contribution is -2.31. The average Bonchev–Trinajstić information content (AvgIpc) is 2.77. The predicted molar refractivity (Wildman–Crippen MR) is 71.1 cm³/mol. The van der Waals surface area contributed by atoms with Gasteiger partial charge in [-0.1, -0.05) is 30.3 Å². The van der Waals surface area contributed by atoms with Gasteiger partial charge in [0.05, 0.1) is 11.5 Å². The van der Waals surface area contributed by atoms with E-state index in [0.29, 0.717) is 0 Å². The minimum absolute atomic E-state index is 0.0564. The van der Waals surface area contributed by atoms with E-state index in [-0.39, 0.29) is 18.1 Å². The van der Waals surface area contributed by atoms with Crippen molar-refractivity contribution in [2.75, 3.05) is 6.54 Å². The molecule has 98 valence electrons. The highest BCUT2D eigenvalue weighted by molar-refractivity contribution is 5.75. The van der Waals surface area contributed by atoms with E-state index in [1.807, 2.05) is 39.0 Å². The Balaban J connectivity index is 2.07. The Kier molecular flexibility index (Phi) is 3.71. The van der Waals surface area contributed by atoms with E-state index in [2.05, 4.69) is 17.4 Å². The molecular formula is C15H21NO2. The quantitative estimate of drug-likeness (QED) is 0.817. The molecular weight excluding hydrogens is 226 g/mol. The van der Waals surface area contributed by atoms with E-state index in [9.17, 15) is 4.79 Å². The van der Waals surface area contributed by atoms with Crippen LogP contribution in [0.5, 0.6) is 0 Å². The fraction of sp³-hybridized carbons (Fsp3) is 0.533. The second kappa shape index (κ2) is 5.11. The van der Waals surface area contributed by atoms with Crippen molar-refractivity contribution in [2.24, 2.45) is 5.41 Å². The Bertz CT molecular complexity index is 408. The molecule has 3 heteroatoms. The van der Waals surface area contributed by atoms with Crippen molar-refractivity contribution in [3.63, 3.8) is 0 Å². The van der Waals surface area contributed by atoms with Gasteiger partial charge >= 0.3 is 5.97 Å². The maximum atomic E-state index is 11.9. The number of rotatable bonds is 2. The van der Waals surface area contributed by atoms with Gasteiger partial charge in [0.25, 0.3) is 0 Å². The maximum absolute atomic E-state index is 11.9. The molecule has 0 radical (unpaired) electrons. The zero-order valence-corrected chi connectivity index (χ0v) is 11.3. The van der Waals surface area contributed by atoms with Crippen LogP contribution in [-0.2, 0) is 9.53 Å². The third kappa shape index (κ3) is 2.91. The zero-order chi connectivity index (χ0) is 13.2. The van der Waals surface area contributed by atoms with E-state index >= 15 is 0 Å². The second-order valence-electron chi connectivity index (χ2n) is 5.82. The molecule has 18 heavy (non-hydrogen) atoms. The molecule has 3 nitrogen and oxygen atoms in total. The Morgan fingerprint density at radius 2 is 1.94 bits per heavy atom. The van der Waals surface area contributed by atoms with Crippen LogP contribution in [0.4, 0.5) is 0 Å². The fourth-order valence-corrected chi connectivity index (χ4v) is 2.11. The van der Waals surface area contributed by atoms with Crippen molar-refractivity contribution >= 4 is 5.97 Å². The van der Waals surface area contributed by atoms with Gasteiger partial charge in [-0.05, 0) is 39.3 Å². The van der Waals surface area contributed by atoms with Crippen LogP contribution in [0, 0.1) is 5.41 Å². The van der Waals surface area contributed by atoms with Crippen molar-refractivity contribution in [1.82, 2.24) is 5.32 Å². The molecule has 1 fully saturated rings. The van der Waals surface area contributed by atoms with Gasteiger partial charge in [-0.3, -0.25) is 4.79 Å². The van der Waals surface area contributed by atoms with Crippen LogP contribution in [-0.4, -0.2) is 18.6 Å². The minimum Gasteiger partial charge on any atom is -0.460 e. The first-order valence-electron chi connectivity index (χ1n) is 6.48. The van der Waals surface area contributed by atoms with E-state index in [4.69, 9.17) is 4.74 Å². The van der Waals surface area contributed by atoms with Crippen molar-refractivity contribution in [3.8, 4) is 0 Å². The highest BCUT2D eigenvalue weighted by Crippen LogP contribution is 2.28. The minimum atomic E-state index is -0.441. The van der Waals surface area contributed by atoms with E-state index < -0.39 is 5.41 Å². The maximum Gasteiger partial charge on any atom is 0.311 e. The molecule has 0 aromatic heterocycles. The van der Waals surface area contributed by atoms with Gasteiger partial charge in [0.1, 0.15) is 6.10 Å². The molecule has 1 heterocycles. The van der Waals surface area contributed by atoms with Crippen LogP contribution in [0.2, 0.25) is 0 Å². The fourth-order valence-electron chi connectivity index (χ4n) is 2.11. The third-order valence-electron chi connectivity index (χ3n) is 3.19. The molecule has 1 saturated heterocycles. The van der Waals surface area contributed by atoms with E-state index in [1.165, 1.54) is 5.56 Å². The lowest BCUT2D eigenvalue weighted by molar-refractivity contribution is -0.159. The summed E-state index contributed by atoms with van der Waals surface area (Å²) in [7, 11) is 0. The number of hydrogen-bond acceptors (Lipinski definition) is 3. The van der Waals surface area contributed by atoms with Crippen molar-refractivity contribution in [2.45, 2.75) is 39.3 Å². The molecule has 1 aromatic rings. The predicted octanol–water partition coefficient (Wildman–Crippen LogP) is 2.68. The van der Waals surface area contributed by atoms with Crippen molar-refractivity contribution in [3.05, 3.63) is 35.9 Å². The van der Waals surface area contributed by atoms with Gasteiger partial charge in [0, 0.05) is 0 Å². The molecule has 0 saturated carbocycles. The standard InChI is InChI=1S/C15H21NO2/c1-15(2,3)14(17)18-12-9-10-16-13(12)11-7-5-4-6-8-11/h4-8,12-13,16H,9-10H2,1-3H3. The van der Waals surface area contributed by atoms with Crippen molar-refractivity contribution in [1.29, 1.82) is 0 Å². The summed E-state index contributed by atoms with van der Waals surface area (Å²) in [5, 5.41) is 3.40. The summed E-state index contributed by atoms with van der Waals surface area (Å²) < 4.78 is 5.64. The summed E-state index contributed by atoms with van der Waals surface area (Å²) >= 11 is 0. The summed E-state index contributed by atoms with van der Waals surface area (Å²) in [6.45, 7) is 6.54. The lowest BCUT2D eigenvalue weighted by atomic mass is 9.96. The average molecular weight is 247 g/mol. The Labute approximate surface area is 109 Å². The number of ether oxygens (including phenoxy) is 1. The van der Waals surface area contributed by atoms with E-state index in [0.717, 1.165) is 13.0 Å². The third-order valence-corrected chi connectivity index (χ3v) is 3.19. The van der Waals surface area contributed by atoms with Gasteiger partial charge in [-0.2, -0.15) is 0 Å². The molecule has 1 aromatic carbocycles. The van der Waals surface area contributed by atoms with Gasteiger partial charge in [-0.15, -0.1) is 0 Å². The SMILES string of the molecule is CC(C)(C)C(=O)OC1CCNC1c1ccccc1. The second-order valence-corrected chi connectivity index (χ2v) is 5.82. The Morgan fingerprint density at radius 1 is 1.28 bits per heavy atom. The number of benzene rings is 1. The summed E-state index contributed by atoms with van der Waals surface area (Å²) in [6.07, 6.45) is 0.820. The first-order chi connectivity index (χ1) is 8.48. The summed E-state index contributed by atoms with van der Waals surface area (Å²) in [5.41, 5.74) is 0.741. The van der Waals surface area contributed by atoms with Crippen LogP contribution < -0.4 is 5.32 Å². The van der Waals surface area contributed by atoms with Gasteiger partial charge in [0.2, 0.25) is 0 Å². The first-order valence-corrected chi connectivity index (χ1v) is 6.48. The van der Waals surface area contributed by atoms with E-state index in [1.54, 1.807) is 0 Å². The number of esters is 1. The largest absolute Gasteiger partial charge is 0.460 e. The molecule has 0 amide bonds. The smallest absolute Gasteiger partial charge is 0.311 e. The highest BCUT2D eigenvalue weighted by Gasteiger charge is 2.34. The molecule has 0 spiro atoms. The van der Waals surface area contributed by atoms with Crippen LogP contribution in [0.15, 0.2) is 30.3 Å². The molecule has 0 bridgehead atoms.